The predicted octanol–water partition coefficient (Wildman–Crippen LogP) is 5.26. The van der Waals surface area contributed by atoms with Gasteiger partial charge < -0.3 is 10.3 Å². The number of rotatable bonds is 4. The quantitative estimate of drug-likeness (QED) is 0.430. The minimum atomic E-state index is -0.949. The molecule has 1 aromatic rings. The molecule has 0 radical (unpaired) electrons. The van der Waals surface area contributed by atoms with Crippen molar-refractivity contribution in [1.29, 1.82) is 0 Å². The van der Waals surface area contributed by atoms with Crippen LogP contribution < -0.4 is 0 Å². The van der Waals surface area contributed by atoms with E-state index in [9.17, 15) is 10.0 Å². The molecule has 1 aromatic carbocycles. The molecule has 0 spiro atoms. The maximum Gasteiger partial charge on any atom is 0.335 e. The van der Waals surface area contributed by atoms with Gasteiger partial charge in [-0.1, -0.05) is 55.4 Å². The van der Waals surface area contributed by atoms with Crippen molar-refractivity contribution in [2.75, 3.05) is 11.5 Å². The zero-order chi connectivity index (χ0) is 19.0. The number of thioether (sulfide) groups is 1. The third-order valence-corrected chi connectivity index (χ3v) is 5.22. The average Bonchev–Trinajstić information content (AvgIpc) is 2.62. The van der Waals surface area contributed by atoms with E-state index in [0.29, 0.717) is 5.71 Å². The standard InChI is InChI=1S/C21H25NO3S/c1-21(2)12-11-17(4-3-14-26-15-13-21)19(22-25)10-7-16-5-8-18(9-6-16)20(23)24/h3-11,25H,12-15H2,1-2H3,(H,23,24)/b4-3-,10-7+,17-11+,22-19-. The van der Waals surface area contributed by atoms with E-state index in [-0.39, 0.29) is 11.0 Å². The predicted molar refractivity (Wildman–Crippen MR) is 109 cm³/mol. The van der Waals surface area contributed by atoms with Gasteiger partial charge in [-0.25, -0.2) is 4.79 Å². The average molecular weight is 372 g/mol. The highest BCUT2D eigenvalue weighted by Crippen LogP contribution is 2.29. The van der Waals surface area contributed by atoms with Crippen LogP contribution >= 0.6 is 11.8 Å². The van der Waals surface area contributed by atoms with Gasteiger partial charge in [-0.2, -0.15) is 11.8 Å². The highest BCUT2D eigenvalue weighted by atomic mass is 32.2. The zero-order valence-corrected chi connectivity index (χ0v) is 16.0. The Morgan fingerprint density at radius 1 is 1.27 bits per heavy atom. The highest BCUT2D eigenvalue weighted by Gasteiger charge is 2.17. The van der Waals surface area contributed by atoms with Crippen LogP contribution in [0, 0.1) is 5.41 Å². The van der Waals surface area contributed by atoms with Crippen molar-refractivity contribution in [1.82, 2.24) is 0 Å². The van der Waals surface area contributed by atoms with Gasteiger partial charge in [0.15, 0.2) is 0 Å². The monoisotopic (exact) mass is 371 g/mol. The highest BCUT2D eigenvalue weighted by molar-refractivity contribution is 7.99. The first-order valence-corrected chi connectivity index (χ1v) is 9.75. The first-order valence-electron chi connectivity index (χ1n) is 8.60. The van der Waals surface area contributed by atoms with E-state index in [1.807, 2.05) is 23.9 Å². The molecule has 0 saturated heterocycles. The first-order chi connectivity index (χ1) is 12.4. The van der Waals surface area contributed by atoms with Crippen LogP contribution in [0.1, 0.15) is 42.6 Å². The fourth-order valence-corrected chi connectivity index (χ4v) is 3.62. The number of carboxylic acids is 1. The second kappa shape index (κ2) is 9.43. The molecule has 0 saturated carbocycles. The zero-order valence-electron chi connectivity index (χ0n) is 15.2. The third-order valence-electron chi connectivity index (χ3n) is 4.30. The van der Waals surface area contributed by atoms with Crippen molar-refractivity contribution in [2.45, 2.75) is 26.7 Å². The molecule has 1 aliphatic heterocycles. The molecular weight excluding hydrogens is 346 g/mol. The summed E-state index contributed by atoms with van der Waals surface area (Å²) in [5.41, 5.74) is 2.68. The van der Waals surface area contributed by atoms with Crippen molar-refractivity contribution in [3.63, 3.8) is 0 Å². The van der Waals surface area contributed by atoms with E-state index in [1.54, 1.807) is 30.3 Å². The van der Waals surface area contributed by atoms with Gasteiger partial charge in [0.2, 0.25) is 0 Å². The van der Waals surface area contributed by atoms with Gasteiger partial charge in [-0.05, 0) is 53.4 Å². The van der Waals surface area contributed by atoms with Crippen molar-refractivity contribution >= 4 is 29.5 Å². The summed E-state index contributed by atoms with van der Waals surface area (Å²) >= 11 is 1.91. The van der Waals surface area contributed by atoms with E-state index >= 15 is 0 Å². The fraction of sp³-hybridized carbons (Fsp3) is 0.333. The maximum atomic E-state index is 10.9. The van der Waals surface area contributed by atoms with Gasteiger partial charge in [0.1, 0.15) is 5.71 Å². The number of benzene rings is 1. The number of aromatic carboxylic acids is 1. The second-order valence-corrected chi connectivity index (χ2v) is 8.15. The number of hydrogen-bond donors (Lipinski definition) is 2. The van der Waals surface area contributed by atoms with Gasteiger partial charge in [-0.15, -0.1) is 0 Å². The SMILES string of the molecule is CC1(C)C/C=C(C(/C=C/c2ccc(C(=O)O)cc2)=N\O)\C=C/CSCC1. The number of hydrogen-bond acceptors (Lipinski definition) is 4. The van der Waals surface area contributed by atoms with E-state index in [0.717, 1.165) is 35.5 Å². The normalized spacial score (nSPS) is 21.8. The van der Waals surface area contributed by atoms with E-state index in [1.165, 1.54) is 0 Å². The number of carboxylic acid groups (broad SMARTS) is 1. The van der Waals surface area contributed by atoms with Crippen LogP contribution in [-0.2, 0) is 0 Å². The Kier molecular flexibility index (Phi) is 7.27. The summed E-state index contributed by atoms with van der Waals surface area (Å²) in [6.45, 7) is 4.51. The Morgan fingerprint density at radius 2 is 2.00 bits per heavy atom. The molecule has 0 fully saturated rings. The molecule has 26 heavy (non-hydrogen) atoms. The van der Waals surface area contributed by atoms with Crippen LogP contribution in [-0.4, -0.2) is 33.5 Å². The number of oxime groups is 1. The summed E-state index contributed by atoms with van der Waals surface area (Å²) in [7, 11) is 0. The van der Waals surface area contributed by atoms with E-state index in [2.05, 4.69) is 31.2 Å². The fourth-order valence-electron chi connectivity index (χ4n) is 2.52. The summed E-state index contributed by atoms with van der Waals surface area (Å²) in [6, 6.07) is 6.57. The molecule has 0 aromatic heterocycles. The van der Waals surface area contributed by atoms with Crippen LogP contribution in [0.25, 0.3) is 6.08 Å². The Bertz CT molecular complexity index is 743. The summed E-state index contributed by atoms with van der Waals surface area (Å²) in [4.78, 5) is 10.9. The smallest absolute Gasteiger partial charge is 0.335 e. The molecule has 2 N–H and O–H groups in total. The molecule has 138 valence electrons. The lowest BCUT2D eigenvalue weighted by Gasteiger charge is -2.23. The second-order valence-electron chi connectivity index (χ2n) is 7.00. The molecule has 0 amide bonds. The van der Waals surface area contributed by atoms with Crippen LogP contribution in [0.5, 0.6) is 0 Å². The molecule has 0 aliphatic carbocycles. The van der Waals surface area contributed by atoms with Crippen LogP contribution in [0.15, 0.2) is 59.3 Å². The minimum Gasteiger partial charge on any atom is -0.478 e. The van der Waals surface area contributed by atoms with E-state index < -0.39 is 5.97 Å². The Labute approximate surface area is 159 Å². The number of carbonyl (C=O) groups is 1. The Balaban J connectivity index is 2.20. The Hall–Kier alpha value is -2.27. The molecule has 0 unspecified atom stereocenters. The summed E-state index contributed by atoms with van der Waals surface area (Å²) in [5.74, 6) is 1.13. The summed E-state index contributed by atoms with van der Waals surface area (Å²) in [6.07, 6.45) is 11.8. The van der Waals surface area contributed by atoms with Crippen molar-refractivity contribution in [2.24, 2.45) is 10.6 Å². The maximum absolute atomic E-state index is 10.9. The molecule has 4 nitrogen and oxygen atoms in total. The van der Waals surface area contributed by atoms with Gasteiger partial charge in [0.25, 0.3) is 0 Å². The molecule has 5 heteroatoms. The third kappa shape index (κ3) is 6.23. The van der Waals surface area contributed by atoms with Crippen molar-refractivity contribution in [3.8, 4) is 0 Å². The molecule has 1 heterocycles. The lowest BCUT2D eigenvalue weighted by Crippen LogP contribution is -2.12. The summed E-state index contributed by atoms with van der Waals surface area (Å²) < 4.78 is 0. The van der Waals surface area contributed by atoms with Gasteiger partial charge in [-0.3, -0.25) is 0 Å². The molecule has 0 bridgehead atoms. The van der Waals surface area contributed by atoms with Crippen LogP contribution in [0.2, 0.25) is 0 Å². The van der Waals surface area contributed by atoms with Gasteiger partial charge >= 0.3 is 5.97 Å². The molecular formula is C21H25NO3S. The number of nitrogens with zero attached hydrogens (tertiary/aromatic N) is 1. The topological polar surface area (TPSA) is 69.9 Å². The number of allylic oxidation sites excluding steroid dienone is 4. The Morgan fingerprint density at radius 3 is 2.65 bits per heavy atom. The summed E-state index contributed by atoms with van der Waals surface area (Å²) in [5, 5.41) is 21.9. The van der Waals surface area contributed by atoms with Crippen molar-refractivity contribution < 1.29 is 15.1 Å². The van der Waals surface area contributed by atoms with Gasteiger partial charge in [0.05, 0.1) is 5.56 Å². The molecule has 2 rings (SSSR count). The molecule has 0 atom stereocenters. The first kappa shape index (κ1) is 20.0. The lowest BCUT2D eigenvalue weighted by molar-refractivity contribution is 0.0697. The lowest BCUT2D eigenvalue weighted by atomic mass is 9.85. The van der Waals surface area contributed by atoms with Crippen molar-refractivity contribution in [3.05, 3.63) is 65.3 Å². The van der Waals surface area contributed by atoms with Crippen LogP contribution in [0.3, 0.4) is 0 Å². The van der Waals surface area contributed by atoms with Gasteiger partial charge in [0, 0.05) is 5.75 Å². The van der Waals surface area contributed by atoms with Crippen LogP contribution in [0.4, 0.5) is 0 Å². The molecule has 1 aliphatic rings. The van der Waals surface area contributed by atoms with E-state index in [4.69, 9.17) is 5.11 Å². The minimum absolute atomic E-state index is 0.209. The largest absolute Gasteiger partial charge is 0.478 e.